The molecule has 6 heteroatoms. The van der Waals surface area contributed by atoms with Gasteiger partial charge in [0, 0.05) is 21.2 Å². The highest BCUT2D eigenvalue weighted by Crippen LogP contribution is 2.35. The number of hydrogen-bond donors (Lipinski definition) is 2. The fourth-order valence-corrected chi connectivity index (χ4v) is 2.89. The second-order valence-corrected chi connectivity index (χ2v) is 5.75. The predicted molar refractivity (Wildman–Crippen MR) is 97.4 cm³/mol. The first-order chi connectivity index (χ1) is 11.6. The number of anilines is 2. The van der Waals surface area contributed by atoms with Gasteiger partial charge in [0.1, 0.15) is 17.3 Å². The smallest absolute Gasteiger partial charge is 0.222 e. The summed E-state index contributed by atoms with van der Waals surface area (Å²) in [7, 11) is 0. The van der Waals surface area contributed by atoms with E-state index in [-0.39, 0.29) is 5.95 Å². The van der Waals surface area contributed by atoms with Crippen molar-refractivity contribution in [3.63, 3.8) is 0 Å². The van der Waals surface area contributed by atoms with Gasteiger partial charge in [0.2, 0.25) is 5.95 Å². The first-order valence-electron chi connectivity index (χ1n) is 7.30. The maximum Gasteiger partial charge on any atom is 0.222 e. The van der Waals surface area contributed by atoms with Gasteiger partial charge in [0.05, 0.1) is 5.52 Å². The molecule has 0 aliphatic carbocycles. The summed E-state index contributed by atoms with van der Waals surface area (Å²) in [6, 6.07) is 16.9. The summed E-state index contributed by atoms with van der Waals surface area (Å²) in [6.45, 7) is 0. The van der Waals surface area contributed by atoms with Crippen molar-refractivity contribution in [3.8, 4) is 11.5 Å². The van der Waals surface area contributed by atoms with E-state index in [1.54, 1.807) is 12.1 Å². The molecule has 118 valence electrons. The molecule has 0 saturated carbocycles. The molecular weight excluding hydrogens is 324 g/mol. The quantitative estimate of drug-likeness (QED) is 0.566. The molecule has 4 aromatic rings. The Hall–Kier alpha value is -3.05. The number of ether oxygens (including phenoxy) is 1. The maximum atomic E-state index is 6.25. The topological polar surface area (TPSA) is 87.0 Å². The Morgan fingerprint density at radius 1 is 0.833 bits per heavy atom. The second-order valence-electron chi connectivity index (χ2n) is 5.34. The van der Waals surface area contributed by atoms with E-state index in [2.05, 4.69) is 9.97 Å². The van der Waals surface area contributed by atoms with E-state index in [4.69, 9.17) is 27.8 Å². The Balaban J connectivity index is 1.81. The zero-order valence-corrected chi connectivity index (χ0v) is 13.3. The molecule has 0 unspecified atom stereocenters. The van der Waals surface area contributed by atoms with Crippen molar-refractivity contribution in [2.45, 2.75) is 0 Å². The highest BCUT2D eigenvalue weighted by Gasteiger charge is 2.09. The van der Waals surface area contributed by atoms with Crippen molar-refractivity contribution >= 4 is 45.0 Å². The van der Waals surface area contributed by atoms with Crippen LogP contribution in [0.2, 0.25) is 5.02 Å². The molecule has 0 radical (unpaired) electrons. The molecule has 1 heterocycles. The number of fused-ring (bicyclic) bond motifs is 2. The van der Waals surface area contributed by atoms with Gasteiger partial charge in [-0.05, 0) is 30.3 Å². The number of hydrogen-bond acceptors (Lipinski definition) is 5. The largest absolute Gasteiger partial charge is 0.457 e. The van der Waals surface area contributed by atoms with E-state index in [9.17, 15) is 0 Å². The van der Waals surface area contributed by atoms with Crippen LogP contribution in [0.15, 0.2) is 54.6 Å². The predicted octanol–water partition coefficient (Wildman–Crippen LogP) is 4.39. The van der Waals surface area contributed by atoms with Crippen molar-refractivity contribution < 1.29 is 4.74 Å². The summed E-state index contributed by atoms with van der Waals surface area (Å²) in [5, 5.41) is 3.25. The van der Waals surface area contributed by atoms with Gasteiger partial charge in [-0.25, -0.2) is 4.98 Å². The Kier molecular flexibility index (Phi) is 3.36. The van der Waals surface area contributed by atoms with Crippen LogP contribution >= 0.6 is 11.6 Å². The number of nitrogens with two attached hydrogens (primary N) is 2. The Morgan fingerprint density at radius 2 is 1.62 bits per heavy atom. The van der Waals surface area contributed by atoms with E-state index >= 15 is 0 Å². The van der Waals surface area contributed by atoms with E-state index in [0.29, 0.717) is 33.2 Å². The van der Waals surface area contributed by atoms with Gasteiger partial charge in [-0.1, -0.05) is 35.9 Å². The molecule has 0 atom stereocenters. The lowest BCUT2D eigenvalue weighted by Crippen LogP contribution is -2.00. The van der Waals surface area contributed by atoms with Crippen LogP contribution in [0.1, 0.15) is 0 Å². The Morgan fingerprint density at radius 3 is 2.46 bits per heavy atom. The van der Waals surface area contributed by atoms with Gasteiger partial charge >= 0.3 is 0 Å². The summed E-state index contributed by atoms with van der Waals surface area (Å²) in [4.78, 5) is 8.14. The van der Waals surface area contributed by atoms with Gasteiger partial charge in [0.25, 0.3) is 0 Å². The molecule has 0 bridgehead atoms. The monoisotopic (exact) mass is 336 g/mol. The van der Waals surface area contributed by atoms with E-state index in [1.807, 2.05) is 42.5 Å². The summed E-state index contributed by atoms with van der Waals surface area (Å²) < 4.78 is 6.04. The van der Waals surface area contributed by atoms with Crippen LogP contribution < -0.4 is 16.2 Å². The van der Waals surface area contributed by atoms with E-state index in [0.717, 1.165) is 10.8 Å². The van der Waals surface area contributed by atoms with Crippen molar-refractivity contribution in [1.29, 1.82) is 0 Å². The molecule has 0 aliphatic rings. The minimum Gasteiger partial charge on any atom is -0.457 e. The molecular formula is C18H13ClN4O. The summed E-state index contributed by atoms with van der Waals surface area (Å²) >= 11 is 6.25. The van der Waals surface area contributed by atoms with Crippen molar-refractivity contribution in [3.05, 3.63) is 59.6 Å². The highest BCUT2D eigenvalue weighted by molar-refractivity contribution is 6.35. The number of halogens is 1. The fraction of sp³-hybridized carbons (Fsp3) is 0. The van der Waals surface area contributed by atoms with Crippen molar-refractivity contribution in [2.24, 2.45) is 0 Å². The molecule has 3 aromatic carbocycles. The van der Waals surface area contributed by atoms with Crippen LogP contribution in [0.25, 0.3) is 21.7 Å². The number of nitrogens with zero attached hydrogens (tertiary/aromatic N) is 2. The summed E-state index contributed by atoms with van der Waals surface area (Å²) in [5.41, 5.74) is 12.2. The molecule has 0 amide bonds. The summed E-state index contributed by atoms with van der Waals surface area (Å²) in [5.74, 6) is 1.82. The van der Waals surface area contributed by atoms with Crippen LogP contribution in [0.3, 0.4) is 0 Å². The fourth-order valence-electron chi connectivity index (χ4n) is 2.66. The minimum absolute atomic E-state index is 0.150. The molecule has 4 rings (SSSR count). The van der Waals surface area contributed by atoms with Crippen molar-refractivity contribution in [2.75, 3.05) is 11.5 Å². The van der Waals surface area contributed by atoms with Crippen LogP contribution in [0.5, 0.6) is 11.5 Å². The average molecular weight is 337 g/mol. The average Bonchev–Trinajstić information content (AvgIpc) is 2.58. The first kappa shape index (κ1) is 14.5. The lowest BCUT2D eigenvalue weighted by Gasteiger charge is -2.11. The normalized spacial score (nSPS) is 11.0. The van der Waals surface area contributed by atoms with Gasteiger partial charge in [-0.15, -0.1) is 0 Å². The van der Waals surface area contributed by atoms with E-state index < -0.39 is 0 Å². The third-order valence-corrected chi connectivity index (χ3v) is 4.10. The SMILES string of the molecule is Nc1nc(N)c2cc(Oc3ccc(Cl)c4ccccc34)ccc2n1. The number of nitrogen functional groups attached to an aromatic ring is 2. The molecule has 0 aliphatic heterocycles. The molecule has 1 aromatic heterocycles. The number of aromatic nitrogens is 2. The van der Waals surface area contributed by atoms with Gasteiger partial charge < -0.3 is 16.2 Å². The lowest BCUT2D eigenvalue weighted by atomic mass is 10.1. The number of benzene rings is 3. The molecule has 0 saturated heterocycles. The highest BCUT2D eigenvalue weighted by atomic mass is 35.5. The van der Waals surface area contributed by atoms with Crippen LogP contribution in [-0.2, 0) is 0 Å². The van der Waals surface area contributed by atoms with Gasteiger partial charge in [0.15, 0.2) is 0 Å². The van der Waals surface area contributed by atoms with Crippen LogP contribution in [0.4, 0.5) is 11.8 Å². The van der Waals surface area contributed by atoms with Crippen molar-refractivity contribution in [1.82, 2.24) is 9.97 Å². The Bertz CT molecular complexity index is 1080. The molecule has 24 heavy (non-hydrogen) atoms. The first-order valence-corrected chi connectivity index (χ1v) is 7.67. The van der Waals surface area contributed by atoms with Crippen LogP contribution in [-0.4, -0.2) is 9.97 Å². The Labute approximate surface area is 142 Å². The van der Waals surface area contributed by atoms with Crippen LogP contribution in [0, 0.1) is 0 Å². The summed E-state index contributed by atoms with van der Waals surface area (Å²) in [6.07, 6.45) is 0. The zero-order valence-electron chi connectivity index (χ0n) is 12.5. The maximum absolute atomic E-state index is 6.25. The van der Waals surface area contributed by atoms with Gasteiger partial charge in [-0.3, -0.25) is 0 Å². The zero-order chi connectivity index (χ0) is 16.7. The third kappa shape index (κ3) is 2.45. The van der Waals surface area contributed by atoms with Gasteiger partial charge in [-0.2, -0.15) is 4.98 Å². The molecule has 0 fully saturated rings. The van der Waals surface area contributed by atoms with E-state index in [1.165, 1.54) is 0 Å². The standard InChI is InChI=1S/C18H13ClN4O/c19-14-6-8-16(12-4-2-1-3-11(12)14)24-10-5-7-15-13(9-10)17(20)23-18(21)22-15/h1-9H,(H4,20,21,22,23). The number of rotatable bonds is 2. The lowest BCUT2D eigenvalue weighted by molar-refractivity contribution is 0.489. The second kappa shape index (κ2) is 5.54. The minimum atomic E-state index is 0.150. The molecule has 0 spiro atoms. The molecule has 4 N–H and O–H groups in total. The molecule has 5 nitrogen and oxygen atoms in total. The third-order valence-electron chi connectivity index (χ3n) is 3.77.